The van der Waals surface area contributed by atoms with Crippen molar-refractivity contribution in [1.29, 1.82) is 0 Å². The first kappa shape index (κ1) is 18.6. The maximum absolute atomic E-state index is 10.6. The number of piperidine rings is 1. The predicted molar refractivity (Wildman–Crippen MR) is 85.3 cm³/mol. The number of aromatic nitrogens is 2. The van der Waals surface area contributed by atoms with E-state index in [2.05, 4.69) is 19.0 Å². The molecule has 0 spiro atoms. The standard InChI is InChI=1S/C12H19N3O.C4H10O2/c16-11-15-7-3-12(4-8-15)2-1-6-14-9-5-13-10-14;1-4(5-2)6-3/h5,9-12H,1-4,6-8H2;4H,1-3H3. The molecule has 6 nitrogen and oxygen atoms in total. The van der Waals surface area contributed by atoms with Crippen molar-refractivity contribution < 1.29 is 14.3 Å². The zero-order chi connectivity index (χ0) is 16.2. The van der Waals surface area contributed by atoms with Crippen molar-refractivity contribution >= 4 is 6.41 Å². The van der Waals surface area contributed by atoms with Crippen LogP contribution in [0.3, 0.4) is 0 Å². The molecular weight excluding hydrogens is 282 g/mol. The normalized spacial score (nSPS) is 15.5. The lowest BCUT2D eigenvalue weighted by Crippen LogP contribution is -2.32. The summed E-state index contributed by atoms with van der Waals surface area (Å²) in [5.41, 5.74) is 0. The Bertz CT molecular complexity index is 372. The monoisotopic (exact) mass is 311 g/mol. The number of carbonyl (C=O) groups excluding carboxylic acids is 1. The summed E-state index contributed by atoms with van der Waals surface area (Å²) in [6.45, 7) is 4.78. The maximum atomic E-state index is 10.6. The van der Waals surface area contributed by atoms with E-state index in [1.165, 1.54) is 25.7 Å². The Kier molecular flexibility index (Phi) is 9.50. The van der Waals surface area contributed by atoms with Crippen LogP contribution in [-0.4, -0.2) is 54.5 Å². The number of rotatable bonds is 7. The highest BCUT2D eigenvalue weighted by atomic mass is 16.7. The summed E-state index contributed by atoms with van der Waals surface area (Å²) in [7, 11) is 3.21. The molecule has 6 heteroatoms. The van der Waals surface area contributed by atoms with Crippen LogP contribution in [0.2, 0.25) is 0 Å². The lowest BCUT2D eigenvalue weighted by molar-refractivity contribution is -0.119. The molecule has 22 heavy (non-hydrogen) atoms. The minimum absolute atomic E-state index is 0.0648. The van der Waals surface area contributed by atoms with Gasteiger partial charge in [-0.05, 0) is 38.5 Å². The van der Waals surface area contributed by atoms with Crippen LogP contribution in [0.1, 0.15) is 32.6 Å². The Balaban J connectivity index is 0.000000346. The molecule has 1 aliphatic rings. The molecular formula is C16H29N3O3. The number of amides is 1. The summed E-state index contributed by atoms with van der Waals surface area (Å²) in [4.78, 5) is 16.5. The second-order valence-electron chi connectivity index (χ2n) is 5.57. The van der Waals surface area contributed by atoms with E-state index in [9.17, 15) is 4.79 Å². The van der Waals surface area contributed by atoms with Gasteiger partial charge >= 0.3 is 0 Å². The first-order valence-corrected chi connectivity index (χ1v) is 7.90. The van der Waals surface area contributed by atoms with Gasteiger partial charge in [0.2, 0.25) is 6.41 Å². The van der Waals surface area contributed by atoms with Gasteiger partial charge in [-0.2, -0.15) is 0 Å². The summed E-state index contributed by atoms with van der Waals surface area (Å²) in [5.74, 6) is 0.805. The Morgan fingerprint density at radius 3 is 2.45 bits per heavy atom. The second kappa shape index (κ2) is 11.2. The van der Waals surface area contributed by atoms with Crippen LogP contribution < -0.4 is 0 Å². The summed E-state index contributed by atoms with van der Waals surface area (Å²) in [6, 6.07) is 0. The highest BCUT2D eigenvalue weighted by Crippen LogP contribution is 2.21. The molecule has 1 aliphatic heterocycles. The Labute approximate surface area is 133 Å². The molecule has 0 N–H and O–H groups in total. The molecule has 1 aromatic rings. The molecule has 1 aromatic heterocycles. The van der Waals surface area contributed by atoms with Gasteiger partial charge in [0.15, 0.2) is 6.29 Å². The average molecular weight is 311 g/mol. The highest BCUT2D eigenvalue weighted by molar-refractivity contribution is 5.47. The highest BCUT2D eigenvalue weighted by Gasteiger charge is 2.17. The minimum Gasteiger partial charge on any atom is -0.356 e. The van der Waals surface area contributed by atoms with Crippen LogP contribution in [0.5, 0.6) is 0 Å². The molecule has 0 aromatic carbocycles. The zero-order valence-corrected chi connectivity index (χ0v) is 14.0. The number of hydrogen-bond donors (Lipinski definition) is 0. The molecule has 126 valence electrons. The fourth-order valence-corrected chi connectivity index (χ4v) is 2.42. The molecule has 2 rings (SSSR count). The van der Waals surface area contributed by atoms with Gasteiger partial charge in [-0.25, -0.2) is 4.98 Å². The van der Waals surface area contributed by atoms with E-state index in [0.29, 0.717) is 0 Å². The smallest absolute Gasteiger partial charge is 0.209 e. The average Bonchev–Trinajstić information content (AvgIpc) is 3.08. The van der Waals surface area contributed by atoms with E-state index in [4.69, 9.17) is 0 Å². The van der Waals surface area contributed by atoms with Gasteiger partial charge in [0.05, 0.1) is 6.33 Å². The summed E-state index contributed by atoms with van der Waals surface area (Å²) < 4.78 is 11.5. The summed E-state index contributed by atoms with van der Waals surface area (Å²) in [6.07, 6.45) is 11.4. The second-order valence-corrected chi connectivity index (χ2v) is 5.57. The number of likely N-dealkylation sites (tertiary alicyclic amines) is 1. The van der Waals surface area contributed by atoms with E-state index < -0.39 is 0 Å². The Morgan fingerprint density at radius 2 is 2.00 bits per heavy atom. The molecule has 0 saturated carbocycles. The van der Waals surface area contributed by atoms with Gasteiger partial charge in [-0.3, -0.25) is 4.79 Å². The number of imidazole rings is 1. The van der Waals surface area contributed by atoms with Crippen LogP contribution >= 0.6 is 0 Å². The Hall–Kier alpha value is -1.40. The molecule has 2 heterocycles. The number of aryl methyl sites for hydroxylation is 1. The van der Waals surface area contributed by atoms with Crippen molar-refractivity contribution in [3.8, 4) is 0 Å². The fraction of sp³-hybridized carbons (Fsp3) is 0.750. The first-order valence-electron chi connectivity index (χ1n) is 7.90. The van der Waals surface area contributed by atoms with Crippen molar-refractivity contribution in [1.82, 2.24) is 14.5 Å². The fourth-order valence-electron chi connectivity index (χ4n) is 2.42. The molecule has 0 bridgehead atoms. The summed E-state index contributed by atoms with van der Waals surface area (Å²) in [5, 5.41) is 0. The van der Waals surface area contributed by atoms with Gasteiger partial charge in [-0.1, -0.05) is 0 Å². The molecule has 1 amide bonds. The van der Waals surface area contributed by atoms with Crippen LogP contribution in [0.4, 0.5) is 0 Å². The number of carbonyl (C=O) groups is 1. The molecule has 1 fully saturated rings. The number of hydrogen-bond acceptors (Lipinski definition) is 4. The predicted octanol–water partition coefficient (Wildman–Crippen LogP) is 2.16. The number of methoxy groups -OCH3 is 2. The SMILES string of the molecule is COC(C)OC.O=CN1CCC(CCCn2ccnc2)CC1. The quantitative estimate of drug-likeness (QED) is 0.572. The zero-order valence-electron chi connectivity index (χ0n) is 14.0. The van der Waals surface area contributed by atoms with Crippen LogP contribution in [-0.2, 0) is 20.8 Å². The molecule has 0 unspecified atom stereocenters. The maximum Gasteiger partial charge on any atom is 0.209 e. The van der Waals surface area contributed by atoms with Crippen LogP contribution in [0.15, 0.2) is 18.7 Å². The van der Waals surface area contributed by atoms with E-state index >= 15 is 0 Å². The minimum atomic E-state index is -0.0648. The first-order chi connectivity index (χ1) is 10.7. The number of nitrogens with zero attached hydrogens (tertiary/aromatic N) is 3. The van der Waals surface area contributed by atoms with Gasteiger partial charge < -0.3 is 18.9 Å². The molecule has 1 saturated heterocycles. The van der Waals surface area contributed by atoms with Gasteiger partial charge in [0.25, 0.3) is 0 Å². The van der Waals surface area contributed by atoms with Crippen molar-refractivity contribution in [2.45, 2.75) is 45.4 Å². The Morgan fingerprint density at radius 1 is 1.32 bits per heavy atom. The van der Waals surface area contributed by atoms with Crippen LogP contribution in [0.25, 0.3) is 0 Å². The van der Waals surface area contributed by atoms with Crippen molar-refractivity contribution in [3.63, 3.8) is 0 Å². The largest absolute Gasteiger partial charge is 0.356 e. The third kappa shape index (κ3) is 7.56. The lowest BCUT2D eigenvalue weighted by atomic mass is 9.92. The van der Waals surface area contributed by atoms with Crippen LogP contribution in [0, 0.1) is 5.92 Å². The topological polar surface area (TPSA) is 56.6 Å². The molecule has 0 atom stereocenters. The number of ether oxygens (including phenoxy) is 2. The van der Waals surface area contributed by atoms with E-state index in [1.54, 1.807) is 14.2 Å². The van der Waals surface area contributed by atoms with Gasteiger partial charge in [0, 0.05) is 46.2 Å². The van der Waals surface area contributed by atoms with Crippen molar-refractivity contribution in [3.05, 3.63) is 18.7 Å². The van der Waals surface area contributed by atoms with Crippen molar-refractivity contribution in [2.75, 3.05) is 27.3 Å². The van der Waals surface area contributed by atoms with E-state index in [-0.39, 0.29) is 6.29 Å². The third-order valence-electron chi connectivity index (χ3n) is 4.05. The van der Waals surface area contributed by atoms with Gasteiger partial charge in [0.1, 0.15) is 0 Å². The summed E-state index contributed by atoms with van der Waals surface area (Å²) >= 11 is 0. The van der Waals surface area contributed by atoms with Gasteiger partial charge in [-0.15, -0.1) is 0 Å². The van der Waals surface area contributed by atoms with E-state index in [0.717, 1.165) is 32.0 Å². The van der Waals surface area contributed by atoms with Crippen molar-refractivity contribution in [2.24, 2.45) is 5.92 Å². The molecule has 0 radical (unpaired) electrons. The van der Waals surface area contributed by atoms with E-state index in [1.807, 2.05) is 30.5 Å². The lowest BCUT2D eigenvalue weighted by Gasteiger charge is -2.29. The molecule has 0 aliphatic carbocycles. The third-order valence-corrected chi connectivity index (χ3v) is 4.05.